The van der Waals surface area contributed by atoms with Crippen molar-refractivity contribution >= 4 is 67.3 Å². The number of rotatable bonds is 4. The Labute approximate surface area is 208 Å². The maximum absolute atomic E-state index is 12.3. The Morgan fingerprint density at radius 3 is 2.50 bits per heavy atom. The number of nitrogens with one attached hydrogen (secondary N) is 1. The molecular weight excluding hydrogens is 475 g/mol. The van der Waals surface area contributed by atoms with E-state index in [1.807, 2.05) is 42.5 Å². The number of thioether (sulfide) groups is 1. The van der Waals surface area contributed by atoms with Gasteiger partial charge < -0.3 is 15.2 Å². The average molecular weight is 489 g/mol. The molecule has 8 heteroatoms. The van der Waals surface area contributed by atoms with Gasteiger partial charge in [-0.05, 0) is 70.1 Å². The van der Waals surface area contributed by atoms with E-state index in [1.54, 1.807) is 24.3 Å². The summed E-state index contributed by atoms with van der Waals surface area (Å²) < 4.78 is 1.02. The summed E-state index contributed by atoms with van der Waals surface area (Å²) in [6.07, 6.45) is 1.70. The smallest absolute Gasteiger partial charge is 0.550 e. The molecule has 1 amide bonds. The van der Waals surface area contributed by atoms with Crippen molar-refractivity contribution in [1.82, 2.24) is 5.32 Å². The number of carbonyl (C=O) groups is 2. The molecule has 1 N–H and O–H groups in total. The summed E-state index contributed by atoms with van der Waals surface area (Å²) >= 11 is 4.74. The van der Waals surface area contributed by atoms with Crippen LogP contribution in [0.25, 0.3) is 16.8 Å². The molecular formula is C22H14BrN2NaO3S. The zero-order valence-electron chi connectivity index (χ0n) is 16.0. The molecule has 3 aromatic carbocycles. The van der Waals surface area contributed by atoms with Gasteiger partial charge in [0.1, 0.15) is 0 Å². The van der Waals surface area contributed by atoms with E-state index >= 15 is 0 Å². The zero-order chi connectivity index (χ0) is 20.4. The number of aliphatic imine (C=N–C) groups is 1. The summed E-state index contributed by atoms with van der Waals surface area (Å²) in [6, 6.07) is 18.9. The summed E-state index contributed by atoms with van der Waals surface area (Å²) in [5.74, 6) is -1.32. The van der Waals surface area contributed by atoms with Gasteiger partial charge in [-0.15, -0.1) is 0 Å². The number of hydrogen-bond donors (Lipinski definition) is 1. The first-order valence-electron chi connectivity index (χ1n) is 8.74. The van der Waals surface area contributed by atoms with E-state index in [2.05, 4.69) is 26.2 Å². The Balaban J connectivity index is 0.00000256. The van der Waals surface area contributed by atoms with Gasteiger partial charge in [-0.1, -0.05) is 46.3 Å². The van der Waals surface area contributed by atoms with Crippen LogP contribution in [-0.2, 0) is 16.0 Å². The SMILES string of the molecule is O=C([O-])Cc1ccc(N=C2NC(=O)C(=Cc3ccc4cc(Br)ccc4c3)S2)cc1.[Na+]. The second-order valence-electron chi connectivity index (χ2n) is 6.45. The van der Waals surface area contributed by atoms with Gasteiger partial charge in [0.15, 0.2) is 5.17 Å². The van der Waals surface area contributed by atoms with Gasteiger partial charge in [-0.2, -0.15) is 0 Å². The summed E-state index contributed by atoms with van der Waals surface area (Å²) in [5, 5.41) is 16.1. The van der Waals surface area contributed by atoms with Crippen LogP contribution >= 0.6 is 27.7 Å². The fourth-order valence-electron chi connectivity index (χ4n) is 2.93. The third-order valence-electron chi connectivity index (χ3n) is 4.29. The second kappa shape index (κ2) is 9.94. The molecule has 1 heterocycles. The van der Waals surface area contributed by atoms with Crippen molar-refractivity contribution in [3.05, 3.63) is 81.2 Å². The van der Waals surface area contributed by atoms with Gasteiger partial charge in [-0.3, -0.25) is 4.79 Å². The van der Waals surface area contributed by atoms with E-state index < -0.39 is 5.97 Å². The molecule has 1 saturated heterocycles. The molecule has 0 saturated carbocycles. The Morgan fingerprint density at radius 1 is 1.07 bits per heavy atom. The van der Waals surface area contributed by atoms with Crippen molar-refractivity contribution in [2.75, 3.05) is 0 Å². The Morgan fingerprint density at radius 2 is 1.77 bits per heavy atom. The standard InChI is InChI=1S/C22H15BrN2O3S.Na/c23-17-6-5-15-9-14(1-4-16(15)12-17)10-19-21(28)25-22(29-19)24-18-7-2-13(3-8-18)11-20(26)27;/h1-10,12H,11H2,(H,26,27)(H,24,25,28);/q;+1/p-1. The quantitative estimate of drug-likeness (QED) is 0.434. The number of nitrogens with zero attached hydrogens (tertiary/aromatic N) is 1. The van der Waals surface area contributed by atoms with Crippen LogP contribution in [-0.4, -0.2) is 17.0 Å². The summed E-state index contributed by atoms with van der Waals surface area (Å²) in [6.45, 7) is 0. The third kappa shape index (κ3) is 5.62. The van der Waals surface area contributed by atoms with Gasteiger partial charge in [0.05, 0.1) is 10.6 Å². The second-order valence-corrected chi connectivity index (χ2v) is 8.39. The van der Waals surface area contributed by atoms with E-state index in [0.29, 0.717) is 21.3 Å². The molecule has 1 aliphatic heterocycles. The fraction of sp³-hybridized carbons (Fsp3) is 0.0455. The van der Waals surface area contributed by atoms with Crippen LogP contribution in [0.5, 0.6) is 0 Å². The van der Waals surface area contributed by atoms with Crippen molar-refractivity contribution in [1.29, 1.82) is 0 Å². The largest absolute Gasteiger partial charge is 1.00 e. The number of amides is 1. The normalized spacial score (nSPS) is 16.0. The molecule has 0 aliphatic carbocycles. The van der Waals surface area contributed by atoms with E-state index in [4.69, 9.17) is 0 Å². The van der Waals surface area contributed by atoms with Gasteiger partial charge >= 0.3 is 29.6 Å². The van der Waals surface area contributed by atoms with Crippen LogP contribution < -0.4 is 40.0 Å². The maximum Gasteiger partial charge on any atom is 1.00 e. The number of hydrogen-bond acceptors (Lipinski definition) is 5. The molecule has 144 valence electrons. The molecule has 1 fully saturated rings. The molecule has 0 atom stereocenters. The predicted molar refractivity (Wildman–Crippen MR) is 118 cm³/mol. The molecule has 0 aromatic heterocycles. The number of halogens is 1. The monoisotopic (exact) mass is 488 g/mol. The molecule has 0 radical (unpaired) electrons. The van der Waals surface area contributed by atoms with E-state index in [1.165, 1.54) is 11.8 Å². The van der Waals surface area contributed by atoms with Gasteiger partial charge in [-0.25, -0.2) is 4.99 Å². The molecule has 1 aliphatic rings. The van der Waals surface area contributed by atoms with E-state index in [0.717, 1.165) is 20.8 Å². The molecule has 0 bridgehead atoms. The Kier molecular flexibility index (Phi) is 7.55. The maximum atomic E-state index is 12.3. The minimum absolute atomic E-state index is 0. The van der Waals surface area contributed by atoms with Crippen LogP contribution in [0.4, 0.5) is 5.69 Å². The van der Waals surface area contributed by atoms with Gasteiger partial charge in [0.25, 0.3) is 5.91 Å². The van der Waals surface area contributed by atoms with Crippen molar-refractivity contribution in [3.63, 3.8) is 0 Å². The first kappa shape index (κ1) is 22.8. The van der Waals surface area contributed by atoms with Crippen LogP contribution in [0.2, 0.25) is 0 Å². The summed E-state index contributed by atoms with van der Waals surface area (Å²) in [7, 11) is 0. The van der Waals surface area contributed by atoms with Crippen LogP contribution in [0.1, 0.15) is 11.1 Å². The van der Waals surface area contributed by atoms with Crippen molar-refractivity contribution < 1.29 is 44.3 Å². The molecule has 4 rings (SSSR count). The number of carboxylic acids is 1. The molecule has 3 aromatic rings. The minimum Gasteiger partial charge on any atom is -0.550 e. The third-order valence-corrected chi connectivity index (χ3v) is 5.69. The first-order valence-corrected chi connectivity index (χ1v) is 10.3. The topological polar surface area (TPSA) is 81.6 Å². The van der Waals surface area contributed by atoms with Crippen LogP contribution in [0.3, 0.4) is 0 Å². The molecule has 0 spiro atoms. The summed E-state index contributed by atoms with van der Waals surface area (Å²) in [5.41, 5.74) is 2.21. The number of fused-ring (bicyclic) bond motifs is 1. The number of carbonyl (C=O) groups excluding carboxylic acids is 2. The average Bonchev–Trinajstić information content (AvgIpc) is 3.02. The molecule has 5 nitrogen and oxygen atoms in total. The van der Waals surface area contributed by atoms with Gasteiger partial charge in [0.2, 0.25) is 0 Å². The minimum atomic E-state index is -1.13. The Hall–Kier alpha value is -1.90. The summed E-state index contributed by atoms with van der Waals surface area (Å²) in [4.78, 5) is 27.9. The Bertz CT molecular complexity index is 1190. The van der Waals surface area contributed by atoms with Crippen LogP contribution in [0.15, 0.2) is 75.0 Å². The fourth-order valence-corrected chi connectivity index (χ4v) is 4.15. The van der Waals surface area contributed by atoms with Crippen LogP contribution in [0, 0.1) is 0 Å². The number of aliphatic carboxylic acids is 1. The van der Waals surface area contributed by atoms with E-state index in [-0.39, 0.29) is 41.9 Å². The number of carboxylic acid groups (broad SMARTS) is 1. The van der Waals surface area contributed by atoms with E-state index in [9.17, 15) is 14.7 Å². The van der Waals surface area contributed by atoms with Crippen molar-refractivity contribution in [2.24, 2.45) is 4.99 Å². The van der Waals surface area contributed by atoms with Crippen molar-refractivity contribution in [3.8, 4) is 0 Å². The molecule has 0 unspecified atom stereocenters. The number of benzene rings is 3. The number of amidine groups is 1. The molecule has 30 heavy (non-hydrogen) atoms. The van der Waals surface area contributed by atoms with Crippen molar-refractivity contribution in [2.45, 2.75) is 6.42 Å². The first-order chi connectivity index (χ1) is 14.0. The van der Waals surface area contributed by atoms with Gasteiger partial charge in [0, 0.05) is 16.9 Å². The predicted octanol–water partition coefficient (Wildman–Crippen LogP) is 0.790. The zero-order valence-corrected chi connectivity index (χ0v) is 20.4.